The molecule has 3 nitrogen and oxygen atoms in total. The maximum Gasteiger partial charge on any atom is 0.309 e. The second-order valence-corrected chi connectivity index (χ2v) is 3.73. The van der Waals surface area contributed by atoms with Crippen molar-refractivity contribution >= 4 is 5.97 Å². The van der Waals surface area contributed by atoms with Gasteiger partial charge in [0.15, 0.2) is 0 Å². The van der Waals surface area contributed by atoms with E-state index in [4.69, 9.17) is 4.74 Å². The number of ether oxygens (including phenoxy) is 1. The minimum Gasteiger partial charge on any atom is -0.466 e. The summed E-state index contributed by atoms with van der Waals surface area (Å²) < 4.78 is 4.92. The van der Waals surface area contributed by atoms with Crippen molar-refractivity contribution in [2.75, 3.05) is 6.61 Å². The van der Waals surface area contributed by atoms with Gasteiger partial charge in [0.1, 0.15) is 0 Å². The smallest absolute Gasteiger partial charge is 0.309 e. The zero-order valence-corrected chi connectivity index (χ0v) is 7.19. The minimum absolute atomic E-state index is 0.0561. The topological polar surface area (TPSA) is 46.5 Å². The van der Waals surface area contributed by atoms with Crippen molar-refractivity contribution in [3.63, 3.8) is 0 Å². The third kappa shape index (κ3) is 1.12. The van der Waals surface area contributed by atoms with E-state index in [9.17, 15) is 9.90 Å². The lowest BCUT2D eigenvalue weighted by Crippen LogP contribution is -2.14. The molecule has 3 heteroatoms. The van der Waals surface area contributed by atoms with Crippen LogP contribution in [0.5, 0.6) is 0 Å². The van der Waals surface area contributed by atoms with Crippen LogP contribution in [0.25, 0.3) is 0 Å². The minimum atomic E-state index is -0.161. The van der Waals surface area contributed by atoms with E-state index in [0.29, 0.717) is 18.4 Å². The molecular formula is C9H14O3. The molecule has 0 amide bonds. The number of fused-ring (bicyclic) bond motifs is 1. The van der Waals surface area contributed by atoms with Crippen molar-refractivity contribution in [2.24, 2.45) is 17.8 Å². The molecule has 2 unspecified atom stereocenters. The van der Waals surface area contributed by atoms with Crippen LogP contribution in [0.3, 0.4) is 0 Å². The van der Waals surface area contributed by atoms with Crippen LogP contribution in [0.1, 0.15) is 19.8 Å². The Bertz CT molecular complexity index is 190. The van der Waals surface area contributed by atoms with Gasteiger partial charge < -0.3 is 9.84 Å². The summed E-state index contributed by atoms with van der Waals surface area (Å²) in [6.07, 6.45) is 1.44. The third-order valence-electron chi connectivity index (χ3n) is 2.98. The van der Waals surface area contributed by atoms with Crippen molar-refractivity contribution in [1.29, 1.82) is 0 Å². The van der Waals surface area contributed by atoms with Crippen LogP contribution >= 0.6 is 0 Å². The summed E-state index contributed by atoms with van der Waals surface area (Å²) in [6.45, 7) is 2.29. The van der Waals surface area contributed by atoms with Crippen molar-refractivity contribution in [1.82, 2.24) is 0 Å². The molecule has 2 saturated carbocycles. The molecule has 2 fully saturated rings. The van der Waals surface area contributed by atoms with E-state index >= 15 is 0 Å². The van der Waals surface area contributed by atoms with E-state index in [1.807, 2.05) is 6.92 Å². The highest BCUT2D eigenvalue weighted by molar-refractivity contribution is 5.76. The Morgan fingerprint density at radius 3 is 2.58 bits per heavy atom. The molecule has 0 radical (unpaired) electrons. The molecule has 2 rings (SSSR count). The predicted molar refractivity (Wildman–Crippen MR) is 42.3 cm³/mol. The zero-order valence-electron chi connectivity index (χ0n) is 7.19. The average Bonchev–Trinajstić information content (AvgIpc) is 2.51. The molecule has 0 aromatic heterocycles. The maximum atomic E-state index is 11.2. The number of rotatable bonds is 2. The number of carbonyl (C=O) groups excluding carboxylic acids is 1. The number of carbonyl (C=O) groups is 1. The van der Waals surface area contributed by atoms with Crippen LogP contribution in [0.15, 0.2) is 0 Å². The Hall–Kier alpha value is -0.570. The van der Waals surface area contributed by atoms with Gasteiger partial charge in [0.05, 0.1) is 18.6 Å². The number of esters is 1. The van der Waals surface area contributed by atoms with Gasteiger partial charge in [-0.05, 0) is 31.6 Å². The van der Waals surface area contributed by atoms with Gasteiger partial charge >= 0.3 is 5.97 Å². The largest absolute Gasteiger partial charge is 0.466 e. The van der Waals surface area contributed by atoms with Crippen LogP contribution in [0, 0.1) is 17.8 Å². The van der Waals surface area contributed by atoms with Gasteiger partial charge in [-0.2, -0.15) is 0 Å². The highest BCUT2D eigenvalue weighted by Crippen LogP contribution is 2.57. The van der Waals surface area contributed by atoms with Gasteiger partial charge in [-0.15, -0.1) is 0 Å². The molecule has 0 aromatic rings. The molecule has 0 aliphatic heterocycles. The van der Waals surface area contributed by atoms with E-state index in [1.54, 1.807) is 0 Å². The molecule has 0 aromatic carbocycles. The average molecular weight is 170 g/mol. The van der Waals surface area contributed by atoms with E-state index < -0.39 is 0 Å². The van der Waals surface area contributed by atoms with Crippen LogP contribution in [-0.2, 0) is 9.53 Å². The van der Waals surface area contributed by atoms with Gasteiger partial charge in [-0.25, -0.2) is 0 Å². The molecule has 0 saturated heterocycles. The fourth-order valence-electron chi connectivity index (χ4n) is 2.40. The Balaban J connectivity index is 1.85. The Labute approximate surface area is 71.7 Å². The summed E-state index contributed by atoms with van der Waals surface area (Å²) in [5.41, 5.74) is 0. The normalized spacial score (nSPS) is 43.8. The van der Waals surface area contributed by atoms with Crippen molar-refractivity contribution in [3.8, 4) is 0 Å². The monoisotopic (exact) mass is 170 g/mol. The predicted octanol–water partition coefficient (Wildman–Crippen LogP) is 0.566. The van der Waals surface area contributed by atoms with Crippen LogP contribution in [-0.4, -0.2) is 23.8 Å². The van der Waals surface area contributed by atoms with Crippen LogP contribution in [0.2, 0.25) is 0 Å². The van der Waals surface area contributed by atoms with Gasteiger partial charge in [-0.3, -0.25) is 4.79 Å². The lowest BCUT2D eigenvalue weighted by atomic mass is 10.1. The Kier molecular flexibility index (Phi) is 1.83. The van der Waals surface area contributed by atoms with Gasteiger partial charge in [0.25, 0.3) is 0 Å². The highest BCUT2D eigenvalue weighted by atomic mass is 16.5. The molecule has 2 aliphatic carbocycles. The Morgan fingerprint density at radius 1 is 1.50 bits per heavy atom. The van der Waals surface area contributed by atoms with Crippen molar-refractivity contribution in [2.45, 2.75) is 25.9 Å². The standard InChI is InChI=1S/C9H14O3/c1-2-12-9(11)8-6-3-5(10)4-7(6)8/h5-8,10H,2-4H2,1H3/t5?,6-,7+,8?. The summed E-state index contributed by atoms with van der Waals surface area (Å²) in [6, 6.07) is 0. The first kappa shape index (κ1) is 8.05. The molecule has 68 valence electrons. The quantitative estimate of drug-likeness (QED) is 0.616. The maximum absolute atomic E-state index is 11.2. The summed E-state index contributed by atoms with van der Waals surface area (Å²) in [7, 11) is 0. The van der Waals surface area contributed by atoms with Crippen LogP contribution in [0.4, 0.5) is 0 Å². The molecular weight excluding hydrogens is 156 g/mol. The second-order valence-electron chi connectivity index (χ2n) is 3.73. The Morgan fingerprint density at radius 2 is 2.08 bits per heavy atom. The molecule has 0 spiro atoms. The highest BCUT2D eigenvalue weighted by Gasteiger charge is 2.60. The SMILES string of the molecule is CCOC(=O)C1[C@H]2CC(O)C[C@@H]12. The summed E-state index contributed by atoms with van der Waals surface area (Å²) in [5, 5.41) is 9.21. The van der Waals surface area contributed by atoms with E-state index in [1.165, 1.54) is 0 Å². The lowest BCUT2D eigenvalue weighted by molar-refractivity contribution is -0.145. The second kappa shape index (κ2) is 2.73. The molecule has 0 heterocycles. The first-order valence-corrected chi connectivity index (χ1v) is 4.58. The summed E-state index contributed by atoms with van der Waals surface area (Å²) >= 11 is 0. The van der Waals surface area contributed by atoms with Crippen LogP contribution < -0.4 is 0 Å². The number of aliphatic hydroxyl groups excluding tert-OH is 1. The summed E-state index contributed by atoms with van der Waals surface area (Å²) in [4.78, 5) is 11.2. The van der Waals surface area contributed by atoms with E-state index in [2.05, 4.69) is 0 Å². The molecule has 2 aliphatic rings. The molecule has 4 atom stereocenters. The first-order valence-electron chi connectivity index (χ1n) is 4.58. The fraction of sp³-hybridized carbons (Fsp3) is 0.889. The zero-order chi connectivity index (χ0) is 8.72. The summed E-state index contributed by atoms with van der Waals surface area (Å²) in [5.74, 6) is 0.922. The fourth-order valence-corrected chi connectivity index (χ4v) is 2.40. The third-order valence-corrected chi connectivity index (χ3v) is 2.98. The van der Waals surface area contributed by atoms with Gasteiger partial charge in [0, 0.05) is 0 Å². The molecule has 1 N–H and O–H groups in total. The van der Waals surface area contributed by atoms with Gasteiger partial charge in [0.2, 0.25) is 0 Å². The molecule has 0 bridgehead atoms. The molecule has 12 heavy (non-hydrogen) atoms. The lowest BCUT2D eigenvalue weighted by Gasteiger charge is -2.06. The van der Waals surface area contributed by atoms with Gasteiger partial charge in [-0.1, -0.05) is 0 Å². The number of hydrogen-bond acceptors (Lipinski definition) is 3. The van der Waals surface area contributed by atoms with Crippen molar-refractivity contribution < 1.29 is 14.6 Å². The van der Waals surface area contributed by atoms with E-state index in [0.717, 1.165) is 12.8 Å². The van der Waals surface area contributed by atoms with E-state index in [-0.39, 0.29) is 18.0 Å². The first-order chi connectivity index (χ1) is 5.74. The van der Waals surface area contributed by atoms with Crippen molar-refractivity contribution in [3.05, 3.63) is 0 Å². The number of aliphatic hydroxyl groups is 1. The number of hydrogen-bond donors (Lipinski definition) is 1.